The lowest BCUT2D eigenvalue weighted by Crippen LogP contribution is -2.12. The number of halogens is 2. The van der Waals surface area contributed by atoms with E-state index >= 15 is 0 Å². The van der Waals surface area contributed by atoms with E-state index in [4.69, 9.17) is 11.6 Å². The Kier molecular flexibility index (Phi) is 3.99. The van der Waals surface area contributed by atoms with Gasteiger partial charge in [-0.2, -0.15) is 0 Å². The van der Waals surface area contributed by atoms with Gasteiger partial charge in [-0.05, 0) is 42.8 Å². The first kappa shape index (κ1) is 13.1. The number of benzene rings is 1. The van der Waals surface area contributed by atoms with Crippen molar-refractivity contribution in [1.29, 1.82) is 0 Å². The molecule has 2 rings (SSSR count). The van der Waals surface area contributed by atoms with Gasteiger partial charge >= 0.3 is 0 Å². The Morgan fingerprint density at radius 1 is 1.33 bits per heavy atom. The molecule has 92 valence electrons. The molecule has 5 heteroatoms. The van der Waals surface area contributed by atoms with Crippen LogP contribution in [0.1, 0.15) is 15.9 Å². The number of hydrogen-bond acceptors (Lipinski definition) is 2. The summed E-state index contributed by atoms with van der Waals surface area (Å²) in [6.45, 7) is 1.93. The number of anilines is 1. The van der Waals surface area contributed by atoms with Crippen LogP contribution in [0.15, 0.2) is 41.0 Å². The summed E-state index contributed by atoms with van der Waals surface area (Å²) in [5.41, 5.74) is 1.60. The summed E-state index contributed by atoms with van der Waals surface area (Å²) >= 11 is 9.12. The summed E-state index contributed by atoms with van der Waals surface area (Å²) in [6.07, 6.45) is 1.49. The number of pyridine rings is 1. The Morgan fingerprint density at radius 3 is 2.72 bits per heavy atom. The van der Waals surface area contributed by atoms with E-state index in [1.165, 1.54) is 6.20 Å². The molecule has 1 aromatic carbocycles. The quantitative estimate of drug-likeness (QED) is 0.905. The second-order valence-corrected chi connectivity index (χ2v) is 5.07. The third-order valence-electron chi connectivity index (χ3n) is 2.39. The van der Waals surface area contributed by atoms with Crippen LogP contribution < -0.4 is 5.32 Å². The Morgan fingerprint density at radius 2 is 2.11 bits per heavy atom. The van der Waals surface area contributed by atoms with E-state index in [9.17, 15) is 4.79 Å². The molecule has 0 saturated heterocycles. The van der Waals surface area contributed by atoms with Gasteiger partial charge in [-0.1, -0.05) is 27.5 Å². The lowest BCUT2D eigenvalue weighted by molar-refractivity contribution is 0.102. The molecule has 0 aliphatic carbocycles. The van der Waals surface area contributed by atoms with Crippen molar-refractivity contribution in [3.05, 3.63) is 57.2 Å². The Bertz CT molecular complexity index is 584. The summed E-state index contributed by atoms with van der Waals surface area (Å²) in [4.78, 5) is 16.0. The Labute approximate surface area is 118 Å². The number of aryl methyl sites for hydroxylation is 1. The number of aromatic nitrogens is 1. The van der Waals surface area contributed by atoms with E-state index in [0.717, 1.165) is 10.0 Å². The largest absolute Gasteiger partial charge is 0.307 e. The molecule has 1 heterocycles. The number of carbonyl (C=O) groups excluding carboxylic acids is 1. The molecule has 1 amide bonds. The minimum atomic E-state index is -0.194. The monoisotopic (exact) mass is 324 g/mol. The van der Waals surface area contributed by atoms with Gasteiger partial charge in [0.05, 0.1) is 5.02 Å². The fourth-order valence-corrected chi connectivity index (χ4v) is 1.78. The van der Waals surface area contributed by atoms with Crippen LogP contribution in [0.5, 0.6) is 0 Å². The average Bonchev–Trinajstić information content (AvgIpc) is 2.35. The SMILES string of the molecule is Cc1cc(C(=O)Nc2ccc(Cl)cn2)ccc1Br. The molecule has 0 saturated carbocycles. The first-order valence-corrected chi connectivity index (χ1v) is 6.42. The first-order chi connectivity index (χ1) is 8.56. The fourth-order valence-electron chi connectivity index (χ4n) is 1.42. The van der Waals surface area contributed by atoms with Gasteiger partial charge in [-0.3, -0.25) is 4.79 Å². The molecule has 3 nitrogen and oxygen atoms in total. The van der Waals surface area contributed by atoms with Crippen molar-refractivity contribution in [2.24, 2.45) is 0 Å². The summed E-state index contributed by atoms with van der Waals surface area (Å²) in [6, 6.07) is 8.75. The van der Waals surface area contributed by atoms with Gasteiger partial charge < -0.3 is 5.32 Å². The number of amides is 1. The van der Waals surface area contributed by atoms with Gasteiger partial charge in [0.1, 0.15) is 5.82 Å². The molecule has 0 spiro atoms. The van der Waals surface area contributed by atoms with Gasteiger partial charge in [-0.15, -0.1) is 0 Å². The lowest BCUT2D eigenvalue weighted by atomic mass is 10.1. The fraction of sp³-hybridized carbons (Fsp3) is 0.0769. The predicted molar refractivity (Wildman–Crippen MR) is 76.1 cm³/mol. The molecule has 0 aliphatic heterocycles. The number of hydrogen-bond donors (Lipinski definition) is 1. The van der Waals surface area contributed by atoms with Crippen molar-refractivity contribution in [3.63, 3.8) is 0 Å². The van der Waals surface area contributed by atoms with Crippen LogP contribution in [0, 0.1) is 6.92 Å². The van der Waals surface area contributed by atoms with Crippen LogP contribution in [0.25, 0.3) is 0 Å². The second kappa shape index (κ2) is 5.50. The maximum Gasteiger partial charge on any atom is 0.256 e. The third-order valence-corrected chi connectivity index (χ3v) is 3.50. The van der Waals surface area contributed by atoms with E-state index in [1.54, 1.807) is 18.2 Å². The van der Waals surface area contributed by atoms with E-state index < -0.39 is 0 Å². The standard InChI is InChI=1S/C13H10BrClN2O/c1-8-6-9(2-4-11(8)14)13(18)17-12-5-3-10(15)7-16-12/h2-7H,1H3,(H,16,17,18). The van der Waals surface area contributed by atoms with Crippen molar-refractivity contribution in [2.45, 2.75) is 6.92 Å². The number of nitrogens with zero attached hydrogens (tertiary/aromatic N) is 1. The molecule has 1 aromatic heterocycles. The summed E-state index contributed by atoms with van der Waals surface area (Å²) < 4.78 is 0.976. The van der Waals surface area contributed by atoms with E-state index in [0.29, 0.717) is 16.4 Å². The highest BCUT2D eigenvalue weighted by molar-refractivity contribution is 9.10. The maximum absolute atomic E-state index is 12.0. The third kappa shape index (κ3) is 3.09. The van der Waals surface area contributed by atoms with Crippen LogP contribution in [0.2, 0.25) is 5.02 Å². The van der Waals surface area contributed by atoms with Crippen molar-refractivity contribution in [3.8, 4) is 0 Å². The van der Waals surface area contributed by atoms with Crippen molar-refractivity contribution in [1.82, 2.24) is 4.98 Å². The Balaban J connectivity index is 2.16. The minimum Gasteiger partial charge on any atom is -0.307 e. The summed E-state index contributed by atoms with van der Waals surface area (Å²) in [7, 11) is 0. The molecule has 18 heavy (non-hydrogen) atoms. The second-order valence-electron chi connectivity index (χ2n) is 3.78. The highest BCUT2D eigenvalue weighted by Gasteiger charge is 2.07. The topological polar surface area (TPSA) is 42.0 Å². The molecular formula is C13H10BrClN2O. The first-order valence-electron chi connectivity index (χ1n) is 5.25. The predicted octanol–water partition coefficient (Wildman–Crippen LogP) is 4.06. The summed E-state index contributed by atoms with van der Waals surface area (Å²) in [5.74, 6) is 0.283. The van der Waals surface area contributed by atoms with Gasteiger partial charge in [0.2, 0.25) is 0 Å². The van der Waals surface area contributed by atoms with Gasteiger partial charge in [-0.25, -0.2) is 4.98 Å². The van der Waals surface area contributed by atoms with Gasteiger partial charge in [0.25, 0.3) is 5.91 Å². The van der Waals surface area contributed by atoms with E-state index in [-0.39, 0.29) is 5.91 Å². The van der Waals surface area contributed by atoms with Crippen LogP contribution in [0.3, 0.4) is 0 Å². The van der Waals surface area contributed by atoms with Crippen molar-refractivity contribution < 1.29 is 4.79 Å². The minimum absolute atomic E-state index is 0.194. The lowest BCUT2D eigenvalue weighted by Gasteiger charge is -2.06. The smallest absolute Gasteiger partial charge is 0.256 e. The van der Waals surface area contributed by atoms with Crippen LogP contribution in [-0.2, 0) is 0 Å². The molecule has 0 unspecified atom stereocenters. The number of rotatable bonds is 2. The van der Waals surface area contributed by atoms with Crippen molar-refractivity contribution >= 4 is 39.3 Å². The molecule has 0 aliphatic rings. The zero-order chi connectivity index (χ0) is 13.1. The average molecular weight is 326 g/mol. The summed E-state index contributed by atoms with van der Waals surface area (Å²) in [5, 5.41) is 3.24. The molecule has 0 atom stereocenters. The Hall–Kier alpha value is -1.39. The zero-order valence-electron chi connectivity index (χ0n) is 9.58. The van der Waals surface area contributed by atoms with Crippen molar-refractivity contribution in [2.75, 3.05) is 5.32 Å². The van der Waals surface area contributed by atoms with Gasteiger partial charge in [0, 0.05) is 16.2 Å². The normalized spacial score (nSPS) is 10.2. The zero-order valence-corrected chi connectivity index (χ0v) is 11.9. The highest BCUT2D eigenvalue weighted by atomic mass is 79.9. The van der Waals surface area contributed by atoms with E-state index in [1.807, 2.05) is 19.1 Å². The number of nitrogens with one attached hydrogen (secondary N) is 1. The molecule has 2 aromatic rings. The van der Waals surface area contributed by atoms with Crippen LogP contribution in [-0.4, -0.2) is 10.9 Å². The molecule has 0 fully saturated rings. The molecular weight excluding hydrogens is 316 g/mol. The maximum atomic E-state index is 12.0. The van der Waals surface area contributed by atoms with Crippen LogP contribution in [0.4, 0.5) is 5.82 Å². The molecule has 0 radical (unpaired) electrons. The van der Waals surface area contributed by atoms with Crippen LogP contribution >= 0.6 is 27.5 Å². The molecule has 0 bridgehead atoms. The molecule has 1 N–H and O–H groups in total. The van der Waals surface area contributed by atoms with E-state index in [2.05, 4.69) is 26.2 Å². The number of carbonyl (C=O) groups is 1. The van der Waals surface area contributed by atoms with Gasteiger partial charge in [0.15, 0.2) is 0 Å². The highest BCUT2D eigenvalue weighted by Crippen LogP contribution is 2.18.